The average Bonchev–Trinajstić information content (AvgIpc) is 2.37. The number of nitrogens with zero attached hydrogens (tertiary/aromatic N) is 3. The molecule has 0 saturated heterocycles. The highest BCUT2D eigenvalue weighted by atomic mass is 28.4. The summed E-state index contributed by atoms with van der Waals surface area (Å²) in [6, 6.07) is 1.71. The lowest BCUT2D eigenvalue weighted by molar-refractivity contribution is 0.276. The zero-order chi connectivity index (χ0) is 15.4. The highest BCUT2D eigenvalue weighted by molar-refractivity contribution is 6.74. The minimum Gasteiger partial charge on any atom is -0.415 e. The van der Waals surface area contributed by atoms with Crippen LogP contribution in [0, 0.1) is 0 Å². The van der Waals surface area contributed by atoms with E-state index in [1.165, 1.54) is 0 Å². The molecule has 1 heterocycles. The summed E-state index contributed by atoms with van der Waals surface area (Å²) in [4.78, 5) is 10.4. The molecule has 0 spiro atoms. The van der Waals surface area contributed by atoms with Crippen LogP contribution in [-0.4, -0.2) is 43.6 Å². The van der Waals surface area contributed by atoms with Crippen molar-refractivity contribution in [3.8, 4) is 0 Å². The van der Waals surface area contributed by atoms with E-state index in [4.69, 9.17) is 9.53 Å². The number of hydrogen-bond acceptors (Lipinski definition) is 5. The van der Waals surface area contributed by atoms with Gasteiger partial charge in [0.15, 0.2) is 8.32 Å². The molecule has 0 saturated carbocycles. The van der Waals surface area contributed by atoms with E-state index < -0.39 is 8.32 Å². The summed E-state index contributed by atoms with van der Waals surface area (Å²) in [6.45, 7) is 12.5. The molecule has 0 radical (unpaired) electrons. The second kappa shape index (κ2) is 6.65. The van der Waals surface area contributed by atoms with Crippen molar-refractivity contribution >= 4 is 14.3 Å². The molecule has 1 aromatic heterocycles. The van der Waals surface area contributed by atoms with Crippen molar-refractivity contribution in [3.63, 3.8) is 0 Å². The van der Waals surface area contributed by atoms with Crippen LogP contribution in [0.3, 0.4) is 0 Å². The van der Waals surface area contributed by atoms with E-state index in [1.54, 1.807) is 12.3 Å². The summed E-state index contributed by atoms with van der Waals surface area (Å²) < 4.78 is 6.13. The molecule has 5 nitrogen and oxygen atoms in total. The number of aromatic nitrogens is 2. The number of aliphatic hydroxyl groups is 1. The van der Waals surface area contributed by atoms with Crippen molar-refractivity contribution in [1.82, 2.24) is 9.97 Å². The largest absolute Gasteiger partial charge is 0.415 e. The van der Waals surface area contributed by atoms with Crippen LogP contribution >= 0.6 is 0 Å². The quantitative estimate of drug-likeness (QED) is 0.817. The van der Waals surface area contributed by atoms with Gasteiger partial charge in [0, 0.05) is 19.8 Å². The first kappa shape index (κ1) is 17.1. The van der Waals surface area contributed by atoms with E-state index in [2.05, 4.69) is 43.8 Å². The van der Waals surface area contributed by atoms with Crippen LogP contribution in [0.2, 0.25) is 18.1 Å². The van der Waals surface area contributed by atoms with Gasteiger partial charge >= 0.3 is 0 Å². The summed E-state index contributed by atoms with van der Waals surface area (Å²) in [5.41, 5.74) is 0.632. The number of hydrogen-bond donors (Lipinski definition) is 1. The fourth-order valence-electron chi connectivity index (χ4n) is 1.41. The Morgan fingerprint density at radius 2 is 2.00 bits per heavy atom. The Kier molecular flexibility index (Phi) is 5.67. The third kappa shape index (κ3) is 4.54. The van der Waals surface area contributed by atoms with Crippen molar-refractivity contribution in [3.05, 3.63) is 18.0 Å². The first-order valence-electron chi connectivity index (χ1n) is 6.95. The van der Waals surface area contributed by atoms with E-state index in [9.17, 15) is 0 Å². The van der Waals surface area contributed by atoms with Gasteiger partial charge in [0.05, 0.1) is 18.9 Å². The summed E-state index contributed by atoms with van der Waals surface area (Å²) in [7, 11) is 0.238. The van der Waals surface area contributed by atoms with E-state index >= 15 is 0 Å². The van der Waals surface area contributed by atoms with Crippen LogP contribution in [0.5, 0.6) is 0 Å². The summed E-state index contributed by atoms with van der Waals surface area (Å²) in [5, 5.41) is 9.31. The standard InChI is InChI=1S/C14H27N3O2Si/c1-14(2,3)20(5,6)19-10-9-17(4)13-15-8-7-12(11-18)16-13/h7-8,18H,9-11H2,1-6H3. The number of aliphatic hydroxyl groups excluding tert-OH is 1. The zero-order valence-corrected chi connectivity index (χ0v) is 14.5. The number of likely N-dealkylation sites (N-methyl/N-ethyl adjacent to an activating group) is 1. The van der Waals surface area contributed by atoms with Gasteiger partial charge in [-0.05, 0) is 24.2 Å². The predicted octanol–water partition coefficient (Wildman–Crippen LogP) is 2.43. The number of rotatable bonds is 6. The van der Waals surface area contributed by atoms with Crippen LogP contribution in [-0.2, 0) is 11.0 Å². The maximum Gasteiger partial charge on any atom is 0.225 e. The van der Waals surface area contributed by atoms with Crippen molar-refractivity contribution in [2.24, 2.45) is 0 Å². The second-order valence-electron chi connectivity index (χ2n) is 6.54. The van der Waals surface area contributed by atoms with Crippen LogP contribution in [0.25, 0.3) is 0 Å². The van der Waals surface area contributed by atoms with E-state index in [1.807, 2.05) is 11.9 Å². The Bertz CT molecular complexity index is 433. The van der Waals surface area contributed by atoms with Crippen LogP contribution in [0.1, 0.15) is 26.5 Å². The molecule has 0 aromatic carbocycles. The molecule has 114 valence electrons. The first-order valence-corrected chi connectivity index (χ1v) is 9.86. The molecule has 0 unspecified atom stereocenters. The Balaban J connectivity index is 2.53. The second-order valence-corrected chi connectivity index (χ2v) is 11.3. The molecule has 0 bridgehead atoms. The normalized spacial score (nSPS) is 12.6. The molecule has 0 aliphatic carbocycles. The molecular formula is C14H27N3O2Si. The molecule has 0 aliphatic heterocycles. The Labute approximate surface area is 123 Å². The SMILES string of the molecule is CN(CCO[Si](C)(C)C(C)(C)C)c1nccc(CO)n1. The van der Waals surface area contributed by atoms with Gasteiger partial charge in [0.25, 0.3) is 0 Å². The Morgan fingerprint density at radius 1 is 1.35 bits per heavy atom. The summed E-state index contributed by atoms with van der Waals surface area (Å²) in [6.07, 6.45) is 1.67. The smallest absolute Gasteiger partial charge is 0.225 e. The molecule has 1 aromatic rings. The first-order chi connectivity index (χ1) is 9.17. The lowest BCUT2D eigenvalue weighted by Gasteiger charge is -2.36. The van der Waals surface area contributed by atoms with Gasteiger partial charge in [-0.15, -0.1) is 0 Å². The third-order valence-corrected chi connectivity index (χ3v) is 8.44. The van der Waals surface area contributed by atoms with Crippen molar-refractivity contribution in [2.45, 2.75) is 45.5 Å². The van der Waals surface area contributed by atoms with Gasteiger partial charge in [-0.3, -0.25) is 0 Å². The highest BCUT2D eigenvalue weighted by Crippen LogP contribution is 2.36. The van der Waals surface area contributed by atoms with Gasteiger partial charge in [-0.2, -0.15) is 0 Å². The van der Waals surface area contributed by atoms with E-state index in [0.717, 1.165) is 6.54 Å². The van der Waals surface area contributed by atoms with Crippen LogP contribution in [0.15, 0.2) is 12.3 Å². The zero-order valence-electron chi connectivity index (χ0n) is 13.5. The van der Waals surface area contributed by atoms with Crippen molar-refractivity contribution in [1.29, 1.82) is 0 Å². The molecule has 1 rings (SSSR count). The van der Waals surface area contributed by atoms with Crippen LogP contribution in [0.4, 0.5) is 5.95 Å². The van der Waals surface area contributed by atoms with Gasteiger partial charge in [-0.1, -0.05) is 20.8 Å². The minimum atomic E-state index is -1.70. The number of anilines is 1. The van der Waals surface area contributed by atoms with Crippen molar-refractivity contribution < 1.29 is 9.53 Å². The lowest BCUT2D eigenvalue weighted by atomic mass is 10.2. The molecule has 0 atom stereocenters. The molecule has 0 aliphatic rings. The van der Waals surface area contributed by atoms with Gasteiger partial charge in [-0.25, -0.2) is 9.97 Å². The molecule has 20 heavy (non-hydrogen) atoms. The topological polar surface area (TPSA) is 58.5 Å². The van der Waals surface area contributed by atoms with E-state index in [0.29, 0.717) is 18.2 Å². The maximum atomic E-state index is 9.09. The highest BCUT2D eigenvalue weighted by Gasteiger charge is 2.36. The fourth-order valence-corrected chi connectivity index (χ4v) is 2.45. The molecule has 0 fully saturated rings. The third-order valence-electron chi connectivity index (χ3n) is 3.90. The van der Waals surface area contributed by atoms with E-state index in [-0.39, 0.29) is 11.6 Å². The Morgan fingerprint density at radius 3 is 2.55 bits per heavy atom. The summed E-state index contributed by atoms with van der Waals surface area (Å²) in [5.74, 6) is 0.621. The molecule has 0 amide bonds. The van der Waals surface area contributed by atoms with Gasteiger partial charge in [0.2, 0.25) is 5.95 Å². The lowest BCUT2D eigenvalue weighted by Crippen LogP contribution is -2.42. The Hall–Kier alpha value is -0.983. The maximum absolute atomic E-state index is 9.09. The van der Waals surface area contributed by atoms with Gasteiger partial charge < -0.3 is 14.4 Å². The van der Waals surface area contributed by atoms with Crippen molar-refractivity contribution in [2.75, 3.05) is 25.1 Å². The summed E-state index contributed by atoms with van der Waals surface area (Å²) >= 11 is 0. The fraction of sp³-hybridized carbons (Fsp3) is 0.714. The minimum absolute atomic E-state index is 0.0656. The van der Waals surface area contributed by atoms with Gasteiger partial charge in [0.1, 0.15) is 0 Å². The predicted molar refractivity (Wildman–Crippen MR) is 84.4 cm³/mol. The molecule has 6 heteroatoms. The van der Waals surface area contributed by atoms with Crippen LogP contribution < -0.4 is 4.90 Å². The average molecular weight is 297 g/mol. The molecule has 1 N–H and O–H groups in total. The monoisotopic (exact) mass is 297 g/mol. The molecular weight excluding hydrogens is 270 g/mol.